The van der Waals surface area contributed by atoms with Crippen LogP contribution in [-0.4, -0.2) is 24.0 Å². The molecular weight excluding hydrogens is 212 g/mol. The third-order valence-electron chi connectivity index (χ3n) is 2.19. The van der Waals surface area contributed by atoms with E-state index in [2.05, 4.69) is 9.78 Å². The van der Waals surface area contributed by atoms with Crippen LogP contribution in [0, 0.1) is 11.8 Å². The zero-order chi connectivity index (χ0) is 12.9. The van der Waals surface area contributed by atoms with Gasteiger partial charge in [0.25, 0.3) is 0 Å². The lowest BCUT2D eigenvalue weighted by molar-refractivity contribution is -0.262. The highest BCUT2D eigenvalue weighted by Crippen LogP contribution is 2.04. The molecule has 0 amide bonds. The molecule has 4 N–H and O–H groups in total. The first-order valence-corrected chi connectivity index (χ1v) is 5.20. The monoisotopic (exact) mass is 232 g/mol. The molecule has 0 unspecified atom stereocenters. The molecule has 16 heavy (non-hydrogen) atoms. The van der Waals surface area contributed by atoms with E-state index in [9.17, 15) is 9.59 Å². The third-order valence-corrected chi connectivity index (χ3v) is 2.19. The summed E-state index contributed by atoms with van der Waals surface area (Å²) in [4.78, 5) is 31.0. The second-order valence-electron chi connectivity index (χ2n) is 4.34. The van der Waals surface area contributed by atoms with E-state index in [1.54, 1.807) is 27.7 Å². The summed E-state index contributed by atoms with van der Waals surface area (Å²) in [5, 5.41) is 0. The third kappa shape index (κ3) is 4.59. The Labute approximate surface area is 95.2 Å². The molecule has 0 fully saturated rings. The fraction of sp³-hybridized carbons (Fsp3) is 0.800. The maximum Gasteiger partial charge on any atom is 0.372 e. The standard InChI is InChI=1S/C10H20N2O4/c1-5(2)7(11)9(13)15-16-10(14)8(12)6(3)4/h5-8H,11-12H2,1-4H3/t7-,8-/m0/s1. The average Bonchev–Trinajstić information content (AvgIpc) is 2.22. The summed E-state index contributed by atoms with van der Waals surface area (Å²) in [7, 11) is 0. The summed E-state index contributed by atoms with van der Waals surface area (Å²) in [6.45, 7) is 7.03. The zero-order valence-electron chi connectivity index (χ0n) is 10.1. The molecule has 0 aromatic heterocycles. The molecule has 6 heteroatoms. The number of hydrogen-bond donors (Lipinski definition) is 2. The summed E-state index contributed by atoms with van der Waals surface area (Å²) in [5.74, 6) is -1.74. The second-order valence-corrected chi connectivity index (χ2v) is 4.34. The lowest BCUT2D eigenvalue weighted by Gasteiger charge is -2.15. The highest BCUT2D eigenvalue weighted by molar-refractivity contribution is 5.79. The minimum atomic E-state index is -0.817. The van der Waals surface area contributed by atoms with Gasteiger partial charge >= 0.3 is 11.9 Å². The number of carbonyl (C=O) groups is 2. The van der Waals surface area contributed by atoms with Crippen molar-refractivity contribution < 1.29 is 19.4 Å². The van der Waals surface area contributed by atoms with E-state index >= 15 is 0 Å². The summed E-state index contributed by atoms with van der Waals surface area (Å²) in [5.41, 5.74) is 11.0. The van der Waals surface area contributed by atoms with Crippen LogP contribution in [-0.2, 0) is 19.4 Å². The Hall–Kier alpha value is -1.14. The molecule has 0 aromatic carbocycles. The van der Waals surface area contributed by atoms with Gasteiger partial charge in [0.05, 0.1) is 0 Å². The van der Waals surface area contributed by atoms with Crippen LogP contribution in [0.3, 0.4) is 0 Å². The van der Waals surface area contributed by atoms with Crippen LogP contribution in [0.4, 0.5) is 0 Å². The molecule has 0 aromatic rings. The molecule has 0 saturated carbocycles. The van der Waals surface area contributed by atoms with E-state index < -0.39 is 24.0 Å². The molecule has 0 aliphatic heterocycles. The van der Waals surface area contributed by atoms with Crippen LogP contribution in [0.25, 0.3) is 0 Å². The van der Waals surface area contributed by atoms with Gasteiger partial charge < -0.3 is 11.5 Å². The highest BCUT2D eigenvalue weighted by Gasteiger charge is 2.25. The maximum absolute atomic E-state index is 11.2. The molecule has 0 aliphatic rings. The van der Waals surface area contributed by atoms with Crippen molar-refractivity contribution in [3.63, 3.8) is 0 Å². The van der Waals surface area contributed by atoms with Gasteiger partial charge in [0.2, 0.25) is 0 Å². The first kappa shape index (κ1) is 14.9. The van der Waals surface area contributed by atoms with Crippen LogP contribution in [0.15, 0.2) is 0 Å². The number of hydrogen-bond acceptors (Lipinski definition) is 6. The first-order valence-electron chi connectivity index (χ1n) is 5.20. The highest BCUT2D eigenvalue weighted by atomic mass is 17.2. The van der Waals surface area contributed by atoms with Crippen LogP contribution in [0.2, 0.25) is 0 Å². The minimum absolute atomic E-state index is 0.0926. The largest absolute Gasteiger partial charge is 0.372 e. The van der Waals surface area contributed by atoms with Crippen molar-refractivity contribution in [2.24, 2.45) is 23.3 Å². The van der Waals surface area contributed by atoms with Gasteiger partial charge in [-0.3, -0.25) is 0 Å². The van der Waals surface area contributed by atoms with E-state index in [0.29, 0.717) is 0 Å². The van der Waals surface area contributed by atoms with Gasteiger partial charge in [-0.1, -0.05) is 27.7 Å². The average molecular weight is 232 g/mol. The Morgan fingerprint density at radius 1 is 0.812 bits per heavy atom. The van der Waals surface area contributed by atoms with Crippen LogP contribution in [0.1, 0.15) is 27.7 Å². The predicted octanol–water partition coefficient (Wildman–Crippen LogP) is -0.0456. The van der Waals surface area contributed by atoms with Gasteiger partial charge in [0, 0.05) is 0 Å². The van der Waals surface area contributed by atoms with Gasteiger partial charge in [-0.2, -0.15) is 0 Å². The van der Waals surface area contributed by atoms with E-state index in [1.807, 2.05) is 0 Å². The fourth-order valence-electron chi connectivity index (χ4n) is 0.738. The van der Waals surface area contributed by atoms with Crippen molar-refractivity contribution in [2.45, 2.75) is 39.8 Å². The van der Waals surface area contributed by atoms with Crippen molar-refractivity contribution in [1.29, 1.82) is 0 Å². The molecule has 0 bridgehead atoms. The maximum atomic E-state index is 11.2. The molecule has 0 radical (unpaired) electrons. The van der Waals surface area contributed by atoms with Crippen molar-refractivity contribution >= 4 is 11.9 Å². The summed E-state index contributed by atoms with van der Waals surface area (Å²) >= 11 is 0. The van der Waals surface area contributed by atoms with Gasteiger partial charge in [-0.25, -0.2) is 19.4 Å². The predicted molar refractivity (Wildman–Crippen MR) is 57.8 cm³/mol. The molecule has 0 spiro atoms. The van der Waals surface area contributed by atoms with E-state index in [-0.39, 0.29) is 11.8 Å². The van der Waals surface area contributed by atoms with Crippen LogP contribution >= 0.6 is 0 Å². The van der Waals surface area contributed by atoms with Crippen molar-refractivity contribution in [2.75, 3.05) is 0 Å². The summed E-state index contributed by atoms with van der Waals surface area (Å²) < 4.78 is 0. The number of rotatable bonds is 4. The molecule has 6 nitrogen and oxygen atoms in total. The van der Waals surface area contributed by atoms with Crippen LogP contribution < -0.4 is 11.5 Å². The van der Waals surface area contributed by atoms with Gasteiger partial charge in [-0.15, -0.1) is 0 Å². The molecule has 0 rings (SSSR count). The van der Waals surface area contributed by atoms with E-state index in [0.717, 1.165) is 0 Å². The number of nitrogens with two attached hydrogens (primary N) is 2. The number of carbonyl (C=O) groups excluding carboxylic acids is 2. The minimum Gasteiger partial charge on any atom is -0.318 e. The topological polar surface area (TPSA) is 105 Å². The molecule has 2 atom stereocenters. The van der Waals surface area contributed by atoms with E-state index in [1.165, 1.54) is 0 Å². The van der Waals surface area contributed by atoms with Gasteiger partial charge in [-0.05, 0) is 11.8 Å². The Kier molecular flexibility index (Phi) is 5.98. The fourth-order valence-corrected chi connectivity index (χ4v) is 0.738. The lowest BCUT2D eigenvalue weighted by Crippen LogP contribution is -2.40. The smallest absolute Gasteiger partial charge is 0.318 e. The molecule has 0 saturated heterocycles. The molecule has 94 valence electrons. The Morgan fingerprint density at radius 2 is 1.06 bits per heavy atom. The zero-order valence-corrected chi connectivity index (χ0v) is 10.1. The second kappa shape index (κ2) is 6.44. The summed E-state index contributed by atoms with van der Waals surface area (Å²) in [6.07, 6.45) is 0. The Bertz CT molecular complexity index is 227. The van der Waals surface area contributed by atoms with E-state index in [4.69, 9.17) is 11.5 Å². The Morgan fingerprint density at radius 3 is 1.25 bits per heavy atom. The Balaban J connectivity index is 4.07. The SMILES string of the molecule is CC(C)[C@H](N)C(=O)OOC(=O)[C@@H](N)C(C)C. The molecular formula is C10H20N2O4. The summed E-state index contributed by atoms with van der Waals surface area (Å²) in [6, 6.07) is -1.63. The van der Waals surface area contributed by atoms with Crippen molar-refractivity contribution in [1.82, 2.24) is 0 Å². The molecule has 0 heterocycles. The molecule has 0 aliphatic carbocycles. The quantitative estimate of drug-likeness (QED) is 0.520. The van der Waals surface area contributed by atoms with Gasteiger partial charge in [0.1, 0.15) is 12.1 Å². The van der Waals surface area contributed by atoms with Crippen molar-refractivity contribution in [3.05, 3.63) is 0 Å². The van der Waals surface area contributed by atoms with Gasteiger partial charge in [0.15, 0.2) is 0 Å². The van der Waals surface area contributed by atoms with Crippen molar-refractivity contribution in [3.8, 4) is 0 Å². The first-order chi connectivity index (χ1) is 7.27. The normalized spacial score (nSPS) is 14.8. The van der Waals surface area contributed by atoms with Crippen LogP contribution in [0.5, 0.6) is 0 Å². The lowest BCUT2D eigenvalue weighted by atomic mass is 10.1.